The van der Waals surface area contributed by atoms with Gasteiger partial charge in [-0.15, -0.1) is 0 Å². The van der Waals surface area contributed by atoms with Gasteiger partial charge in [0.15, 0.2) is 0 Å². The number of hydrogen-bond acceptors (Lipinski definition) is 1. The lowest BCUT2D eigenvalue weighted by Crippen LogP contribution is -2.29. The van der Waals surface area contributed by atoms with Gasteiger partial charge in [-0.3, -0.25) is 0 Å². The summed E-state index contributed by atoms with van der Waals surface area (Å²) >= 11 is 3.48. The van der Waals surface area contributed by atoms with Crippen molar-refractivity contribution in [3.8, 4) is 5.75 Å². The van der Waals surface area contributed by atoms with Gasteiger partial charge < -0.3 is 4.74 Å². The second-order valence-corrected chi connectivity index (χ2v) is 5.48. The average molecular weight is 283 g/mol. The molecule has 0 N–H and O–H groups in total. The van der Waals surface area contributed by atoms with Crippen LogP contribution in [0.4, 0.5) is 0 Å². The highest BCUT2D eigenvalue weighted by Crippen LogP contribution is 2.31. The van der Waals surface area contributed by atoms with Crippen molar-refractivity contribution < 1.29 is 4.74 Å². The molecule has 16 heavy (non-hydrogen) atoms. The summed E-state index contributed by atoms with van der Waals surface area (Å²) in [5.41, 5.74) is 0. The van der Waals surface area contributed by atoms with Gasteiger partial charge in [0.2, 0.25) is 0 Å². The normalized spacial score (nSPS) is 25.4. The van der Waals surface area contributed by atoms with E-state index in [2.05, 4.69) is 28.9 Å². The molecule has 0 saturated heterocycles. The van der Waals surface area contributed by atoms with Gasteiger partial charge in [-0.2, -0.15) is 0 Å². The number of halogens is 1. The Morgan fingerprint density at radius 1 is 1.31 bits per heavy atom. The Kier molecular flexibility index (Phi) is 4.28. The van der Waals surface area contributed by atoms with Gasteiger partial charge >= 0.3 is 0 Å². The number of ether oxygens (including phenoxy) is 1. The van der Waals surface area contributed by atoms with Crippen LogP contribution in [0.25, 0.3) is 0 Å². The highest BCUT2D eigenvalue weighted by atomic mass is 79.9. The molecule has 2 heteroatoms. The third-order valence-electron chi connectivity index (χ3n) is 3.45. The van der Waals surface area contributed by atoms with E-state index in [1.54, 1.807) is 0 Å². The van der Waals surface area contributed by atoms with Crippen molar-refractivity contribution in [2.75, 3.05) is 0 Å². The van der Waals surface area contributed by atoms with Gasteiger partial charge in [-0.25, -0.2) is 0 Å². The van der Waals surface area contributed by atoms with Gasteiger partial charge in [0, 0.05) is 4.47 Å². The lowest BCUT2D eigenvalue weighted by Gasteiger charge is -2.31. The number of rotatable bonds is 3. The van der Waals surface area contributed by atoms with Crippen molar-refractivity contribution in [2.24, 2.45) is 5.92 Å². The molecule has 2 atom stereocenters. The van der Waals surface area contributed by atoms with E-state index in [9.17, 15) is 0 Å². The van der Waals surface area contributed by atoms with Gasteiger partial charge in [0.05, 0.1) is 0 Å². The molecule has 0 heterocycles. The summed E-state index contributed by atoms with van der Waals surface area (Å²) in [6.45, 7) is 2.27. The number of benzene rings is 1. The summed E-state index contributed by atoms with van der Waals surface area (Å²) < 4.78 is 7.20. The number of hydrogen-bond donors (Lipinski definition) is 0. The van der Waals surface area contributed by atoms with E-state index in [0.29, 0.717) is 6.10 Å². The zero-order valence-electron chi connectivity index (χ0n) is 9.79. The second kappa shape index (κ2) is 5.72. The quantitative estimate of drug-likeness (QED) is 0.774. The van der Waals surface area contributed by atoms with Gasteiger partial charge in [-0.1, -0.05) is 35.3 Å². The minimum Gasteiger partial charge on any atom is -0.490 e. The zero-order valence-corrected chi connectivity index (χ0v) is 11.4. The van der Waals surface area contributed by atoms with Crippen LogP contribution in [0.5, 0.6) is 5.75 Å². The molecule has 1 nitrogen and oxygen atoms in total. The second-order valence-electron chi connectivity index (χ2n) is 4.57. The Labute approximate surface area is 106 Å². The molecule has 0 aromatic heterocycles. The molecule has 0 radical (unpaired) electrons. The summed E-state index contributed by atoms with van der Waals surface area (Å²) in [5.74, 6) is 1.74. The standard InChI is InChI=1S/C14H19BrO/c1-2-11-6-3-4-9-14(11)16-13-8-5-7-12(15)10-13/h5,7-8,10-11,14H,2-4,6,9H2,1H3. The topological polar surface area (TPSA) is 9.23 Å². The van der Waals surface area contributed by atoms with Crippen LogP contribution in [0, 0.1) is 5.92 Å². The molecule has 2 unspecified atom stereocenters. The monoisotopic (exact) mass is 282 g/mol. The van der Waals surface area contributed by atoms with Crippen molar-refractivity contribution in [1.29, 1.82) is 0 Å². The van der Waals surface area contributed by atoms with Crippen molar-refractivity contribution in [3.05, 3.63) is 28.7 Å². The van der Waals surface area contributed by atoms with E-state index >= 15 is 0 Å². The first kappa shape index (κ1) is 12.0. The molecule has 2 rings (SSSR count). The van der Waals surface area contributed by atoms with Crippen molar-refractivity contribution in [2.45, 2.75) is 45.1 Å². The molecule has 1 aromatic carbocycles. The van der Waals surface area contributed by atoms with Crippen LogP contribution in [-0.4, -0.2) is 6.10 Å². The minimum atomic E-state index is 0.424. The molecule has 1 aliphatic carbocycles. The highest BCUT2D eigenvalue weighted by Gasteiger charge is 2.25. The summed E-state index contributed by atoms with van der Waals surface area (Å²) in [6, 6.07) is 8.17. The first-order valence-electron chi connectivity index (χ1n) is 6.22. The molecular weight excluding hydrogens is 264 g/mol. The lowest BCUT2D eigenvalue weighted by molar-refractivity contribution is 0.0903. The van der Waals surface area contributed by atoms with E-state index in [1.807, 2.05) is 18.2 Å². The summed E-state index contributed by atoms with van der Waals surface area (Å²) in [6.07, 6.45) is 6.89. The largest absolute Gasteiger partial charge is 0.490 e. The van der Waals surface area contributed by atoms with Crippen LogP contribution in [0.3, 0.4) is 0 Å². The van der Waals surface area contributed by atoms with Gasteiger partial charge in [0.1, 0.15) is 11.9 Å². The van der Waals surface area contributed by atoms with Crippen molar-refractivity contribution in [1.82, 2.24) is 0 Å². The van der Waals surface area contributed by atoms with Crippen LogP contribution in [0.1, 0.15) is 39.0 Å². The van der Waals surface area contributed by atoms with E-state index in [-0.39, 0.29) is 0 Å². The first-order chi connectivity index (χ1) is 7.79. The fourth-order valence-corrected chi connectivity index (χ4v) is 2.89. The Morgan fingerprint density at radius 2 is 2.12 bits per heavy atom. The van der Waals surface area contributed by atoms with E-state index < -0.39 is 0 Å². The molecule has 0 aliphatic heterocycles. The average Bonchev–Trinajstić information content (AvgIpc) is 2.30. The predicted molar refractivity (Wildman–Crippen MR) is 70.8 cm³/mol. The summed E-state index contributed by atoms with van der Waals surface area (Å²) in [4.78, 5) is 0. The lowest BCUT2D eigenvalue weighted by atomic mass is 9.85. The molecular formula is C14H19BrO. The molecule has 0 spiro atoms. The maximum Gasteiger partial charge on any atom is 0.120 e. The predicted octanol–water partition coefficient (Wildman–Crippen LogP) is 4.80. The maximum atomic E-state index is 6.11. The molecule has 0 amide bonds. The van der Waals surface area contributed by atoms with Gasteiger partial charge in [-0.05, 0) is 49.8 Å². The minimum absolute atomic E-state index is 0.424. The van der Waals surface area contributed by atoms with E-state index in [0.717, 1.165) is 16.1 Å². The SMILES string of the molecule is CCC1CCCCC1Oc1cccc(Br)c1. The molecule has 1 fully saturated rings. The fourth-order valence-electron chi connectivity index (χ4n) is 2.51. The maximum absolute atomic E-state index is 6.11. The van der Waals surface area contributed by atoms with E-state index in [1.165, 1.54) is 32.1 Å². The van der Waals surface area contributed by atoms with Crippen LogP contribution < -0.4 is 4.74 Å². The highest BCUT2D eigenvalue weighted by molar-refractivity contribution is 9.10. The Bertz CT molecular complexity index is 337. The summed E-state index contributed by atoms with van der Waals surface area (Å²) in [7, 11) is 0. The van der Waals surface area contributed by atoms with Crippen LogP contribution in [-0.2, 0) is 0 Å². The Morgan fingerprint density at radius 3 is 2.88 bits per heavy atom. The summed E-state index contributed by atoms with van der Waals surface area (Å²) in [5, 5.41) is 0. The molecule has 1 saturated carbocycles. The third kappa shape index (κ3) is 3.00. The molecule has 0 bridgehead atoms. The van der Waals surface area contributed by atoms with Crippen LogP contribution in [0.15, 0.2) is 28.7 Å². The van der Waals surface area contributed by atoms with Crippen LogP contribution >= 0.6 is 15.9 Å². The van der Waals surface area contributed by atoms with Crippen LogP contribution in [0.2, 0.25) is 0 Å². The molecule has 88 valence electrons. The third-order valence-corrected chi connectivity index (χ3v) is 3.94. The molecule has 1 aliphatic rings. The molecule has 1 aromatic rings. The zero-order chi connectivity index (χ0) is 11.4. The van der Waals surface area contributed by atoms with Crippen molar-refractivity contribution >= 4 is 15.9 Å². The van der Waals surface area contributed by atoms with Crippen molar-refractivity contribution in [3.63, 3.8) is 0 Å². The Hall–Kier alpha value is -0.500. The fraction of sp³-hybridized carbons (Fsp3) is 0.571. The smallest absolute Gasteiger partial charge is 0.120 e. The first-order valence-corrected chi connectivity index (χ1v) is 7.01. The van der Waals surface area contributed by atoms with Gasteiger partial charge in [0.25, 0.3) is 0 Å². The Balaban J connectivity index is 2.02. The van der Waals surface area contributed by atoms with E-state index in [4.69, 9.17) is 4.74 Å².